The van der Waals surface area contributed by atoms with Gasteiger partial charge in [-0.15, -0.1) is 0 Å². The van der Waals surface area contributed by atoms with E-state index in [0.29, 0.717) is 35.4 Å². The van der Waals surface area contributed by atoms with Crippen LogP contribution in [0.1, 0.15) is 64.4 Å². The number of aliphatic imine (C=N–C) groups is 1. The molecule has 9 heteroatoms. The molecule has 1 fully saturated rings. The molecule has 2 aliphatic heterocycles. The number of nitrogens with two attached hydrogens (primary N) is 1. The van der Waals surface area contributed by atoms with Crippen LogP contribution in [0.3, 0.4) is 0 Å². The highest BCUT2D eigenvalue weighted by molar-refractivity contribution is 6.32. The van der Waals surface area contributed by atoms with Crippen LogP contribution in [0, 0.1) is 0 Å². The number of aliphatic hydroxyl groups is 1. The van der Waals surface area contributed by atoms with Crippen molar-refractivity contribution in [3.8, 4) is 5.75 Å². The molecule has 0 aliphatic carbocycles. The number of rotatable bonds is 11. The summed E-state index contributed by atoms with van der Waals surface area (Å²) in [5.74, 6) is 0.301. The van der Waals surface area contributed by atoms with E-state index in [9.17, 15) is 14.7 Å². The molecule has 1 aromatic carbocycles. The highest BCUT2D eigenvalue weighted by Gasteiger charge is 2.39. The Morgan fingerprint density at radius 3 is 2.84 bits per heavy atom. The second-order valence-corrected chi connectivity index (χ2v) is 8.90. The van der Waals surface area contributed by atoms with E-state index in [2.05, 4.69) is 17.2 Å². The fraction of sp³-hybridized carbons (Fsp3) is 0.591. The van der Waals surface area contributed by atoms with Gasteiger partial charge >= 0.3 is 0 Å². The Kier molecular flexibility index (Phi) is 7.43. The Morgan fingerprint density at radius 1 is 1.39 bits per heavy atom. The van der Waals surface area contributed by atoms with Gasteiger partial charge in [-0.05, 0) is 38.3 Å². The lowest BCUT2D eigenvalue weighted by Gasteiger charge is -2.32. The number of halogens is 1. The number of fused-ring (bicyclic) bond motifs is 2. The van der Waals surface area contributed by atoms with Gasteiger partial charge in [-0.25, -0.2) is 4.99 Å². The van der Waals surface area contributed by atoms with Crippen LogP contribution in [0.2, 0.25) is 5.02 Å². The Labute approximate surface area is 187 Å². The van der Waals surface area contributed by atoms with E-state index in [4.69, 9.17) is 22.1 Å². The summed E-state index contributed by atoms with van der Waals surface area (Å²) in [6.07, 6.45) is 5.90. The topological polar surface area (TPSA) is 117 Å². The second-order valence-electron chi connectivity index (χ2n) is 8.49. The number of benzene rings is 1. The highest BCUT2D eigenvalue weighted by Crippen LogP contribution is 2.39. The first-order valence-electron chi connectivity index (χ1n) is 10.8. The van der Waals surface area contributed by atoms with Gasteiger partial charge < -0.3 is 20.5 Å². The van der Waals surface area contributed by atoms with Crippen molar-refractivity contribution in [2.45, 2.75) is 77.0 Å². The third kappa shape index (κ3) is 5.49. The maximum absolute atomic E-state index is 12.0. The minimum Gasteiger partial charge on any atom is -0.486 e. The summed E-state index contributed by atoms with van der Waals surface area (Å²) in [5, 5.41) is 12.7. The Balaban J connectivity index is 1.81. The number of amides is 2. The van der Waals surface area contributed by atoms with Gasteiger partial charge in [0.15, 0.2) is 0 Å². The first-order valence-corrected chi connectivity index (χ1v) is 11.2. The zero-order chi connectivity index (χ0) is 22.6. The summed E-state index contributed by atoms with van der Waals surface area (Å²) < 4.78 is 6.38. The molecule has 0 bridgehead atoms. The lowest BCUT2D eigenvalue weighted by atomic mass is 9.92. The molecule has 2 amide bonds. The molecular weight excluding hydrogens is 420 g/mol. The van der Waals surface area contributed by atoms with Crippen molar-refractivity contribution in [3.63, 3.8) is 0 Å². The summed E-state index contributed by atoms with van der Waals surface area (Å²) in [5.41, 5.74) is 6.31. The van der Waals surface area contributed by atoms with Crippen molar-refractivity contribution in [1.29, 1.82) is 0 Å². The number of nitrogens with zero attached hydrogens (tertiary/aromatic N) is 2. The predicted octanol–water partition coefficient (Wildman–Crippen LogP) is 3.01. The third-order valence-electron chi connectivity index (χ3n) is 5.87. The Hall–Kier alpha value is -2.32. The van der Waals surface area contributed by atoms with Crippen molar-refractivity contribution < 1.29 is 19.4 Å². The molecule has 0 radical (unpaired) electrons. The van der Waals surface area contributed by atoms with Crippen LogP contribution in [0.25, 0.3) is 0 Å². The first-order chi connectivity index (χ1) is 14.8. The number of primary amides is 1. The second kappa shape index (κ2) is 9.87. The molecule has 2 unspecified atom stereocenters. The summed E-state index contributed by atoms with van der Waals surface area (Å²) in [7, 11) is 0. The molecule has 1 aromatic rings. The molecule has 0 saturated carbocycles. The number of ether oxygens (including phenoxy) is 1. The van der Waals surface area contributed by atoms with E-state index >= 15 is 0 Å². The molecule has 1 saturated heterocycles. The summed E-state index contributed by atoms with van der Waals surface area (Å²) in [4.78, 5) is 29.6. The molecule has 0 aromatic heterocycles. The van der Waals surface area contributed by atoms with Crippen molar-refractivity contribution in [2.24, 2.45) is 10.7 Å². The number of carbonyl (C=O) groups is 2. The number of unbranched alkanes of at least 4 members (excludes halogenated alkanes) is 3. The van der Waals surface area contributed by atoms with Gasteiger partial charge in [0.1, 0.15) is 17.4 Å². The van der Waals surface area contributed by atoms with E-state index in [1.165, 1.54) is 0 Å². The minimum absolute atomic E-state index is 0.236. The van der Waals surface area contributed by atoms with Crippen LogP contribution >= 0.6 is 11.6 Å². The Bertz CT molecular complexity index is 875. The molecule has 0 spiro atoms. The summed E-state index contributed by atoms with van der Waals surface area (Å²) in [6, 6.07) is 2.90. The maximum atomic E-state index is 12.0. The number of carbonyl (C=O) groups excluding carboxylic acids is 2. The van der Waals surface area contributed by atoms with Crippen molar-refractivity contribution in [3.05, 3.63) is 22.7 Å². The summed E-state index contributed by atoms with van der Waals surface area (Å²) in [6.45, 7) is 4.26. The molecule has 2 atom stereocenters. The van der Waals surface area contributed by atoms with Crippen LogP contribution < -0.4 is 15.8 Å². The van der Waals surface area contributed by atoms with Gasteiger partial charge in [-0.1, -0.05) is 37.8 Å². The average Bonchev–Trinajstić information content (AvgIpc) is 3.02. The van der Waals surface area contributed by atoms with Gasteiger partial charge in [0.2, 0.25) is 11.9 Å². The number of guanidine groups is 1. The van der Waals surface area contributed by atoms with Crippen molar-refractivity contribution >= 4 is 35.1 Å². The highest BCUT2D eigenvalue weighted by atomic mass is 35.5. The number of nitrogens with one attached hydrogen (secondary N) is 1. The Morgan fingerprint density at radius 2 is 2.16 bits per heavy atom. The third-order valence-corrected chi connectivity index (χ3v) is 6.17. The van der Waals surface area contributed by atoms with Crippen LogP contribution in [-0.4, -0.2) is 46.0 Å². The number of hydrogen-bond acceptors (Lipinski definition) is 6. The van der Waals surface area contributed by atoms with Crippen molar-refractivity contribution in [1.82, 2.24) is 10.2 Å². The predicted molar refractivity (Wildman–Crippen MR) is 119 cm³/mol. The van der Waals surface area contributed by atoms with Gasteiger partial charge in [-0.2, -0.15) is 0 Å². The van der Waals surface area contributed by atoms with Crippen LogP contribution in [0.4, 0.5) is 5.69 Å². The fourth-order valence-electron chi connectivity index (χ4n) is 4.01. The largest absolute Gasteiger partial charge is 0.486 e. The lowest BCUT2D eigenvalue weighted by Crippen LogP contribution is -2.39. The fourth-order valence-corrected chi connectivity index (χ4v) is 4.21. The zero-order valence-corrected chi connectivity index (χ0v) is 18.9. The van der Waals surface area contributed by atoms with Crippen LogP contribution in [0.15, 0.2) is 17.1 Å². The van der Waals surface area contributed by atoms with E-state index in [0.717, 1.165) is 37.7 Å². The van der Waals surface area contributed by atoms with Crippen LogP contribution in [0.5, 0.6) is 5.75 Å². The van der Waals surface area contributed by atoms with E-state index in [-0.39, 0.29) is 24.8 Å². The average molecular weight is 451 g/mol. The minimum atomic E-state index is -0.661. The number of hydrogen-bond donors (Lipinski definition) is 3. The van der Waals surface area contributed by atoms with E-state index < -0.39 is 11.6 Å². The maximum Gasteiger partial charge on any atom is 0.251 e. The first kappa shape index (κ1) is 23.3. The molecule has 31 heavy (non-hydrogen) atoms. The van der Waals surface area contributed by atoms with E-state index in [1.807, 2.05) is 13.0 Å². The molecule has 8 nitrogen and oxygen atoms in total. The van der Waals surface area contributed by atoms with E-state index in [1.54, 1.807) is 11.0 Å². The van der Waals surface area contributed by atoms with Crippen LogP contribution in [-0.2, 0) is 16.1 Å². The quantitative estimate of drug-likeness (QED) is 0.448. The number of aliphatic hydroxyl groups excluding tert-OH is 1. The lowest BCUT2D eigenvalue weighted by molar-refractivity contribution is -0.122. The molecule has 2 heterocycles. The smallest absolute Gasteiger partial charge is 0.251 e. The SMILES string of the molecule is CCCCCCC(C)(CCC(N)=O)Oc1cc2c(cc1Cl)N=C1NC(=O)C(CO)N1C2. The molecule has 3 rings (SSSR count). The molecule has 170 valence electrons. The van der Waals surface area contributed by atoms with Gasteiger partial charge in [-0.3, -0.25) is 14.9 Å². The summed E-state index contributed by atoms with van der Waals surface area (Å²) >= 11 is 6.51. The zero-order valence-electron chi connectivity index (χ0n) is 18.1. The standard InChI is InChI=1S/C22H31ClN4O4/c1-3-4-5-6-8-22(2,9-7-19(24)29)31-18-10-14-12-27-17(13-28)20(30)26-21(27)25-16(14)11-15(18)23/h10-11,17,28H,3-9,12-13H2,1-2H3,(H2,24,29)(H,25,26,30). The normalized spacial score (nSPS) is 19.2. The molecule has 4 N–H and O–H groups in total. The van der Waals surface area contributed by atoms with Gasteiger partial charge in [0.25, 0.3) is 5.91 Å². The van der Waals surface area contributed by atoms with Crippen molar-refractivity contribution in [2.75, 3.05) is 6.61 Å². The van der Waals surface area contributed by atoms with Gasteiger partial charge in [0.05, 0.1) is 17.3 Å². The molecule has 2 aliphatic rings. The van der Waals surface area contributed by atoms with Gasteiger partial charge in [0, 0.05) is 18.5 Å². The monoisotopic (exact) mass is 450 g/mol. The molecular formula is C22H31ClN4O4.